The van der Waals surface area contributed by atoms with E-state index in [2.05, 4.69) is 15.7 Å². The van der Waals surface area contributed by atoms with Crippen LogP contribution in [0.2, 0.25) is 5.02 Å². The van der Waals surface area contributed by atoms with Gasteiger partial charge in [0.25, 0.3) is 5.91 Å². The number of rotatable bonds is 0. The number of anilines is 1. The van der Waals surface area contributed by atoms with Crippen LogP contribution in [-0.4, -0.2) is 55.3 Å². The number of hydrogen-bond acceptors (Lipinski definition) is 7. The van der Waals surface area contributed by atoms with Crippen LogP contribution in [0.1, 0.15) is 73.4 Å². The Bertz CT molecular complexity index is 1530. The number of halogens is 1. The lowest BCUT2D eigenvalue weighted by molar-refractivity contribution is -0.248. The van der Waals surface area contributed by atoms with E-state index in [9.17, 15) is 23.4 Å². The number of amides is 1. The van der Waals surface area contributed by atoms with Gasteiger partial charge in [0.2, 0.25) is 10.0 Å². The molecule has 0 aromatic heterocycles. The van der Waals surface area contributed by atoms with E-state index < -0.39 is 27.0 Å². The molecule has 5 aliphatic rings. The van der Waals surface area contributed by atoms with Crippen LogP contribution in [0.25, 0.3) is 0 Å². The van der Waals surface area contributed by atoms with Gasteiger partial charge in [0.1, 0.15) is 5.75 Å². The number of sulfonamides is 1. The van der Waals surface area contributed by atoms with E-state index in [1.54, 1.807) is 25.1 Å². The van der Waals surface area contributed by atoms with Crippen molar-refractivity contribution >= 4 is 33.2 Å². The number of fused-ring (bicyclic) bond motifs is 5. The predicted molar refractivity (Wildman–Crippen MR) is 160 cm³/mol. The number of nitrogens with one attached hydrogen (secondary N) is 1. The Kier molecular flexibility index (Phi) is 6.85. The molecule has 6 atom stereocenters. The molecule has 2 aromatic rings. The molecule has 0 saturated heterocycles. The van der Waals surface area contributed by atoms with Gasteiger partial charge in [-0.15, -0.1) is 0 Å². The summed E-state index contributed by atoms with van der Waals surface area (Å²) < 4.78 is 34.9. The Labute approximate surface area is 252 Å². The first kappa shape index (κ1) is 28.4. The average Bonchev–Trinajstić information content (AvgIpc) is 3.73. The van der Waals surface area contributed by atoms with Crippen LogP contribution in [-0.2, 0) is 21.9 Å². The minimum absolute atomic E-state index is 0.0715. The number of aryl methyl sites for hydroxylation is 1. The van der Waals surface area contributed by atoms with E-state index in [0.717, 1.165) is 37.8 Å². The third-order valence-electron chi connectivity index (χ3n) is 10.9. The molecule has 7 rings (SSSR count). The zero-order valence-corrected chi connectivity index (χ0v) is 25.5. The third kappa shape index (κ3) is 4.81. The van der Waals surface area contributed by atoms with E-state index in [4.69, 9.17) is 16.3 Å². The summed E-state index contributed by atoms with van der Waals surface area (Å²) in [5.74, 6) is -2.16. The zero-order valence-electron chi connectivity index (χ0n) is 23.9. The first-order chi connectivity index (χ1) is 20.0. The molecular formula is C32H39ClN2O6S. The first-order valence-corrected chi connectivity index (χ1v) is 17.2. The number of carbonyl (C=O) groups excluding carboxylic acids is 1. The SMILES string of the molecule is C[C@@H]1CC[C@@H]2C[C@H]2C(O)(O)[C@@H]2CC[C@H]2CN2C[C@@]3(CCCc4cc(Cl)ccc43)COc3ccc(cc32)C(=O)NS1(=O)=O. The van der Waals surface area contributed by atoms with Gasteiger partial charge in [-0.1, -0.05) is 17.7 Å². The molecule has 8 nitrogen and oxygen atoms in total. The summed E-state index contributed by atoms with van der Waals surface area (Å²) in [6, 6.07) is 11.2. The van der Waals surface area contributed by atoms with Crippen LogP contribution in [0.5, 0.6) is 5.75 Å². The molecule has 2 heterocycles. The Morgan fingerprint density at radius 2 is 1.86 bits per heavy atom. The molecule has 226 valence electrons. The maximum atomic E-state index is 13.3. The van der Waals surface area contributed by atoms with Crippen molar-refractivity contribution in [3.05, 3.63) is 58.1 Å². The fourth-order valence-corrected chi connectivity index (χ4v) is 9.36. The highest BCUT2D eigenvalue weighted by Gasteiger charge is 2.58. The van der Waals surface area contributed by atoms with E-state index >= 15 is 0 Å². The molecule has 0 unspecified atom stereocenters. The molecule has 0 radical (unpaired) electrons. The van der Waals surface area contributed by atoms with Crippen LogP contribution < -0.4 is 14.4 Å². The highest BCUT2D eigenvalue weighted by Crippen LogP contribution is 2.56. The molecule has 3 N–H and O–H groups in total. The van der Waals surface area contributed by atoms with E-state index in [-0.39, 0.29) is 34.7 Å². The van der Waals surface area contributed by atoms with Crippen molar-refractivity contribution in [2.75, 3.05) is 24.6 Å². The van der Waals surface area contributed by atoms with Crippen molar-refractivity contribution in [1.29, 1.82) is 0 Å². The molecule has 10 heteroatoms. The lowest BCUT2D eigenvalue weighted by Crippen LogP contribution is -2.54. The van der Waals surface area contributed by atoms with Crippen molar-refractivity contribution in [3.8, 4) is 5.75 Å². The minimum Gasteiger partial charge on any atom is -0.490 e. The molecule has 2 fully saturated rings. The summed E-state index contributed by atoms with van der Waals surface area (Å²) in [6.45, 7) is 3.29. The molecule has 2 aliphatic heterocycles. The summed E-state index contributed by atoms with van der Waals surface area (Å²) in [6.07, 6.45) is 6.13. The predicted octanol–water partition coefficient (Wildman–Crippen LogP) is 4.40. The van der Waals surface area contributed by atoms with Crippen molar-refractivity contribution in [3.63, 3.8) is 0 Å². The van der Waals surface area contributed by atoms with Crippen LogP contribution in [0, 0.1) is 23.7 Å². The number of carbonyl (C=O) groups is 1. The molecule has 2 bridgehead atoms. The van der Waals surface area contributed by atoms with Gasteiger partial charge in [-0.25, -0.2) is 13.1 Å². The van der Waals surface area contributed by atoms with Crippen LogP contribution in [0.15, 0.2) is 36.4 Å². The standard InChI is InChI=1S/C32H39ClN2O6S/c1-19-4-5-21-14-27(21)32(37,38)26-9-6-23(26)16-35-17-31(12-2-3-20-13-24(33)8-10-25(20)31)18-41-29-11-7-22(15-28(29)35)30(36)34-42(19,39)40/h7-8,10-11,13,15,19,21,23,26-27,37-38H,2-6,9,12,14,16-18H2,1H3,(H,34,36)/t19-,21-,23+,26-,27-,31+/m1/s1. The molecule has 1 amide bonds. The zero-order chi connectivity index (χ0) is 29.4. The van der Waals surface area contributed by atoms with Gasteiger partial charge in [-0.2, -0.15) is 0 Å². The quantitative estimate of drug-likeness (QED) is 0.377. The topological polar surface area (TPSA) is 116 Å². The van der Waals surface area contributed by atoms with Crippen molar-refractivity contribution in [2.45, 2.75) is 74.7 Å². The Balaban J connectivity index is 1.31. The second kappa shape index (κ2) is 10.1. The van der Waals surface area contributed by atoms with Gasteiger partial charge in [0, 0.05) is 40.9 Å². The van der Waals surface area contributed by atoms with Crippen molar-refractivity contribution in [2.24, 2.45) is 23.7 Å². The number of aliphatic hydroxyl groups is 2. The lowest BCUT2D eigenvalue weighted by Gasteiger charge is -2.48. The van der Waals surface area contributed by atoms with Gasteiger partial charge in [0.05, 0.1) is 17.5 Å². The summed E-state index contributed by atoms with van der Waals surface area (Å²) >= 11 is 6.38. The van der Waals surface area contributed by atoms with Gasteiger partial charge < -0.3 is 19.8 Å². The molecular weight excluding hydrogens is 576 g/mol. The third-order valence-corrected chi connectivity index (χ3v) is 12.9. The van der Waals surface area contributed by atoms with Crippen molar-refractivity contribution in [1.82, 2.24) is 4.72 Å². The van der Waals surface area contributed by atoms with Gasteiger partial charge in [0.15, 0.2) is 5.79 Å². The van der Waals surface area contributed by atoms with Crippen LogP contribution >= 0.6 is 11.6 Å². The molecule has 1 spiro atoms. The highest BCUT2D eigenvalue weighted by molar-refractivity contribution is 7.90. The van der Waals surface area contributed by atoms with E-state index in [1.807, 2.05) is 12.1 Å². The van der Waals surface area contributed by atoms with Gasteiger partial charge in [-0.3, -0.25) is 4.79 Å². The average molecular weight is 615 g/mol. The number of benzene rings is 2. The first-order valence-electron chi connectivity index (χ1n) is 15.3. The summed E-state index contributed by atoms with van der Waals surface area (Å²) in [5, 5.41) is 22.8. The molecule has 2 saturated carbocycles. The van der Waals surface area contributed by atoms with Gasteiger partial charge in [-0.05, 0) is 112 Å². The summed E-state index contributed by atoms with van der Waals surface area (Å²) in [4.78, 5) is 15.5. The van der Waals surface area contributed by atoms with E-state index in [0.29, 0.717) is 49.7 Å². The lowest BCUT2D eigenvalue weighted by atomic mass is 9.66. The monoisotopic (exact) mass is 614 g/mol. The maximum Gasteiger partial charge on any atom is 0.264 e. The fraction of sp³-hybridized carbons (Fsp3) is 0.594. The van der Waals surface area contributed by atoms with Crippen molar-refractivity contribution < 1.29 is 28.2 Å². The van der Waals surface area contributed by atoms with Crippen LogP contribution in [0.3, 0.4) is 0 Å². The highest BCUT2D eigenvalue weighted by atomic mass is 35.5. The fourth-order valence-electron chi connectivity index (χ4n) is 8.14. The summed E-state index contributed by atoms with van der Waals surface area (Å²) in [7, 11) is -3.91. The Hall–Kier alpha value is -2.33. The van der Waals surface area contributed by atoms with Gasteiger partial charge >= 0.3 is 0 Å². The molecule has 3 aliphatic carbocycles. The van der Waals surface area contributed by atoms with Crippen LogP contribution in [0.4, 0.5) is 5.69 Å². The van der Waals surface area contributed by atoms with E-state index in [1.165, 1.54) is 11.1 Å². The molecule has 2 aromatic carbocycles. The maximum absolute atomic E-state index is 13.3. The summed E-state index contributed by atoms with van der Waals surface area (Å²) in [5.41, 5.74) is 3.12. The largest absolute Gasteiger partial charge is 0.490 e. The number of nitrogens with zero attached hydrogens (tertiary/aromatic N) is 1. The Morgan fingerprint density at radius 1 is 1.05 bits per heavy atom. The minimum atomic E-state index is -3.91. The number of ether oxygens (including phenoxy) is 1. The number of hydrogen-bond donors (Lipinski definition) is 3. The second-order valence-electron chi connectivity index (χ2n) is 13.5. The molecule has 42 heavy (non-hydrogen) atoms. The Morgan fingerprint density at radius 3 is 2.64 bits per heavy atom. The second-order valence-corrected chi connectivity index (χ2v) is 16.0. The smallest absolute Gasteiger partial charge is 0.264 e. The normalized spacial score (nSPS) is 34.9.